The number of pyridine rings is 1. The van der Waals surface area contributed by atoms with Crippen LogP contribution < -0.4 is 10.6 Å². The van der Waals surface area contributed by atoms with Crippen LogP contribution in [0.4, 0.5) is 10.2 Å². The van der Waals surface area contributed by atoms with Gasteiger partial charge in [-0.05, 0) is 38.7 Å². The van der Waals surface area contributed by atoms with Gasteiger partial charge >= 0.3 is 0 Å². The summed E-state index contributed by atoms with van der Waals surface area (Å²) >= 11 is 0. The first-order valence-electron chi connectivity index (χ1n) is 7.33. The second kappa shape index (κ2) is 7.02. The van der Waals surface area contributed by atoms with Crippen molar-refractivity contribution < 1.29 is 4.39 Å². The summed E-state index contributed by atoms with van der Waals surface area (Å²) in [5, 5.41) is 6.41. The molecule has 1 rings (SSSR count). The van der Waals surface area contributed by atoms with Crippen LogP contribution in [0.25, 0.3) is 0 Å². The van der Waals surface area contributed by atoms with Gasteiger partial charge in [0.15, 0.2) is 11.6 Å². The Kier molecular flexibility index (Phi) is 5.93. The fourth-order valence-electron chi connectivity index (χ4n) is 1.60. The molecule has 114 valence electrons. The molecule has 1 aromatic rings. The predicted octanol–water partition coefficient (Wildman–Crippen LogP) is 3.81. The zero-order valence-electron chi connectivity index (χ0n) is 13.5. The van der Waals surface area contributed by atoms with Gasteiger partial charge in [0, 0.05) is 30.4 Å². The summed E-state index contributed by atoms with van der Waals surface area (Å²) in [6.45, 7) is 13.9. The van der Waals surface area contributed by atoms with Crippen molar-refractivity contribution in [2.45, 2.75) is 53.6 Å². The van der Waals surface area contributed by atoms with Crippen molar-refractivity contribution in [2.75, 3.05) is 11.9 Å². The highest BCUT2D eigenvalue weighted by molar-refractivity contribution is 5.40. The smallest absolute Gasteiger partial charge is 0.169 e. The van der Waals surface area contributed by atoms with Gasteiger partial charge in [-0.2, -0.15) is 0 Å². The van der Waals surface area contributed by atoms with E-state index in [4.69, 9.17) is 0 Å². The van der Waals surface area contributed by atoms with E-state index in [1.54, 1.807) is 12.3 Å². The van der Waals surface area contributed by atoms with Crippen LogP contribution in [0.3, 0.4) is 0 Å². The molecule has 4 heteroatoms. The number of halogens is 1. The molecule has 1 atom stereocenters. The van der Waals surface area contributed by atoms with Crippen molar-refractivity contribution >= 4 is 5.82 Å². The zero-order valence-corrected chi connectivity index (χ0v) is 13.5. The molecule has 0 aliphatic rings. The Morgan fingerprint density at radius 2 is 1.90 bits per heavy atom. The fraction of sp³-hybridized carbons (Fsp3) is 0.688. The molecule has 1 aromatic heterocycles. The van der Waals surface area contributed by atoms with E-state index in [-0.39, 0.29) is 11.4 Å². The van der Waals surface area contributed by atoms with E-state index in [9.17, 15) is 4.39 Å². The fourth-order valence-corrected chi connectivity index (χ4v) is 1.60. The number of nitrogens with zero attached hydrogens (tertiary/aromatic N) is 1. The van der Waals surface area contributed by atoms with Gasteiger partial charge < -0.3 is 10.6 Å². The van der Waals surface area contributed by atoms with Gasteiger partial charge in [-0.1, -0.05) is 20.8 Å². The molecule has 0 bridgehead atoms. The van der Waals surface area contributed by atoms with E-state index >= 15 is 0 Å². The van der Waals surface area contributed by atoms with E-state index in [1.807, 2.05) is 0 Å². The first-order chi connectivity index (χ1) is 9.20. The molecule has 0 radical (unpaired) electrons. The highest BCUT2D eigenvalue weighted by Crippen LogP contribution is 2.17. The van der Waals surface area contributed by atoms with Crippen LogP contribution in [0.5, 0.6) is 0 Å². The maximum atomic E-state index is 14.3. The first kappa shape index (κ1) is 16.9. The molecular weight excluding hydrogens is 253 g/mol. The molecule has 3 nitrogen and oxygen atoms in total. The summed E-state index contributed by atoms with van der Waals surface area (Å²) in [4.78, 5) is 4.10. The first-order valence-corrected chi connectivity index (χ1v) is 7.33. The standard InChI is InChI=1S/C16H28FN3/c1-11(2)12(3)9-19-15-14(17)13(7-8-18-15)10-20-16(4,5)6/h7-8,11-12,20H,9-10H2,1-6H3,(H,18,19). The Morgan fingerprint density at radius 1 is 1.25 bits per heavy atom. The maximum Gasteiger partial charge on any atom is 0.169 e. The van der Waals surface area contributed by atoms with Crippen molar-refractivity contribution in [3.05, 3.63) is 23.6 Å². The summed E-state index contributed by atoms with van der Waals surface area (Å²) in [7, 11) is 0. The monoisotopic (exact) mass is 281 g/mol. The Bertz CT molecular complexity index is 424. The molecule has 1 unspecified atom stereocenters. The Hall–Kier alpha value is -1.16. The molecular formula is C16H28FN3. The highest BCUT2D eigenvalue weighted by atomic mass is 19.1. The molecule has 0 saturated carbocycles. The minimum absolute atomic E-state index is 0.0323. The van der Waals surface area contributed by atoms with E-state index in [2.05, 4.69) is 57.2 Å². The predicted molar refractivity (Wildman–Crippen MR) is 83.3 cm³/mol. The lowest BCUT2D eigenvalue weighted by atomic mass is 9.98. The second-order valence-corrected chi connectivity index (χ2v) is 6.84. The number of anilines is 1. The van der Waals surface area contributed by atoms with Gasteiger partial charge in [-0.25, -0.2) is 9.37 Å². The molecule has 0 fully saturated rings. The zero-order chi connectivity index (χ0) is 15.3. The van der Waals surface area contributed by atoms with Crippen molar-refractivity contribution in [1.29, 1.82) is 0 Å². The molecule has 0 aromatic carbocycles. The molecule has 0 spiro atoms. The molecule has 0 saturated heterocycles. The normalized spacial score (nSPS) is 13.6. The lowest BCUT2D eigenvalue weighted by Gasteiger charge is -2.21. The van der Waals surface area contributed by atoms with Crippen LogP contribution >= 0.6 is 0 Å². The number of aromatic nitrogens is 1. The van der Waals surface area contributed by atoms with Gasteiger partial charge in [0.05, 0.1) is 0 Å². The van der Waals surface area contributed by atoms with Crippen LogP contribution in [0.15, 0.2) is 12.3 Å². The van der Waals surface area contributed by atoms with Gasteiger partial charge in [-0.15, -0.1) is 0 Å². The number of hydrogen-bond donors (Lipinski definition) is 2. The minimum atomic E-state index is -0.250. The van der Waals surface area contributed by atoms with Crippen LogP contribution in [0, 0.1) is 17.7 Å². The summed E-state index contributed by atoms with van der Waals surface area (Å²) < 4.78 is 14.3. The van der Waals surface area contributed by atoms with E-state index in [0.29, 0.717) is 29.8 Å². The van der Waals surface area contributed by atoms with Gasteiger partial charge in [0.25, 0.3) is 0 Å². The van der Waals surface area contributed by atoms with Crippen molar-refractivity contribution in [3.63, 3.8) is 0 Å². The van der Waals surface area contributed by atoms with Crippen molar-refractivity contribution in [3.8, 4) is 0 Å². The molecule has 1 heterocycles. The van der Waals surface area contributed by atoms with Crippen LogP contribution in [-0.4, -0.2) is 17.1 Å². The van der Waals surface area contributed by atoms with Gasteiger partial charge in [0.1, 0.15) is 0 Å². The average molecular weight is 281 g/mol. The van der Waals surface area contributed by atoms with E-state index in [1.165, 1.54) is 0 Å². The van der Waals surface area contributed by atoms with Gasteiger partial charge in [-0.3, -0.25) is 0 Å². The molecule has 0 aliphatic carbocycles. The SMILES string of the molecule is CC(C)C(C)CNc1nccc(CNC(C)(C)C)c1F. The van der Waals surface area contributed by atoms with Crippen LogP contribution in [0.1, 0.15) is 47.1 Å². The number of nitrogens with one attached hydrogen (secondary N) is 2. The molecule has 2 N–H and O–H groups in total. The van der Waals surface area contributed by atoms with E-state index < -0.39 is 0 Å². The van der Waals surface area contributed by atoms with Crippen molar-refractivity contribution in [2.24, 2.45) is 11.8 Å². The molecule has 0 aliphatic heterocycles. The van der Waals surface area contributed by atoms with Crippen LogP contribution in [0.2, 0.25) is 0 Å². The second-order valence-electron chi connectivity index (χ2n) is 6.84. The van der Waals surface area contributed by atoms with E-state index in [0.717, 1.165) is 6.54 Å². The largest absolute Gasteiger partial charge is 0.367 e. The minimum Gasteiger partial charge on any atom is -0.367 e. The Morgan fingerprint density at radius 3 is 2.45 bits per heavy atom. The third-order valence-electron chi connectivity index (χ3n) is 3.51. The summed E-state index contributed by atoms with van der Waals surface area (Å²) in [6, 6.07) is 1.73. The molecule has 20 heavy (non-hydrogen) atoms. The summed E-state index contributed by atoms with van der Waals surface area (Å²) in [5.41, 5.74) is 0.616. The Balaban J connectivity index is 2.69. The topological polar surface area (TPSA) is 37.0 Å². The third-order valence-corrected chi connectivity index (χ3v) is 3.51. The number of rotatable bonds is 6. The lowest BCUT2D eigenvalue weighted by molar-refractivity contribution is 0.418. The third kappa shape index (κ3) is 5.45. The maximum absolute atomic E-state index is 14.3. The summed E-state index contributed by atoms with van der Waals surface area (Å²) in [5.74, 6) is 1.15. The quantitative estimate of drug-likeness (QED) is 0.832. The highest BCUT2D eigenvalue weighted by Gasteiger charge is 2.14. The average Bonchev–Trinajstić information content (AvgIpc) is 2.34. The van der Waals surface area contributed by atoms with Crippen LogP contribution in [-0.2, 0) is 6.54 Å². The summed E-state index contributed by atoms with van der Waals surface area (Å²) in [6.07, 6.45) is 1.66. The Labute approximate surface area is 122 Å². The lowest BCUT2D eigenvalue weighted by Crippen LogP contribution is -2.35. The molecule has 0 amide bonds. The van der Waals surface area contributed by atoms with Gasteiger partial charge in [0.2, 0.25) is 0 Å². The van der Waals surface area contributed by atoms with Crippen molar-refractivity contribution in [1.82, 2.24) is 10.3 Å². The number of hydrogen-bond acceptors (Lipinski definition) is 3.